The van der Waals surface area contributed by atoms with Crippen molar-refractivity contribution in [3.05, 3.63) is 70.1 Å². The number of hydrogen-bond donors (Lipinski definition) is 1. The summed E-state index contributed by atoms with van der Waals surface area (Å²) in [7, 11) is 3.17. The van der Waals surface area contributed by atoms with Crippen LogP contribution in [-0.4, -0.2) is 37.7 Å². The molecule has 5 rings (SSSR count). The Morgan fingerprint density at radius 1 is 0.949 bits per heavy atom. The number of para-hydroxylation sites is 1. The van der Waals surface area contributed by atoms with E-state index < -0.39 is 0 Å². The number of carbonyl (C=O) groups excluding carboxylic acids is 2. The lowest BCUT2D eigenvalue weighted by Gasteiger charge is -2.13. The van der Waals surface area contributed by atoms with Crippen LogP contribution < -0.4 is 14.8 Å². The van der Waals surface area contributed by atoms with E-state index >= 15 is 0 Å². The van der Waals surface area contributed by atoms with Crippen molar-refractivity contribution in [1.29, 1.82) is 0 Å². The van der Waals surface area contributed by atoms with Crippen molar-refractivity contribution in [3.63, 3.8) is 0 Å². The average molecular weight is 545 g/mol. The smallest absolute Gasteiger partial charge is 0.341 e. The van der Waals surface area contributed by atoms with E-state index in [4.69, 9.17) is 19.2 Å². The zero-order valence-electron chi connectivity index (χ0n) is 22.5. The first-order valence-electron chi connectivity index (χ1n) is 13.3. The summed E-state index contributed by atoms with van der Waals surface area (Å²) in [5, 5.41) is 4.37. The van der Waals surface area contributed by atoms with Crippen LogP contribution in [0.3, 0.4) is 0 Å². The predicted octanol–water partition coefficient (Wildman–Crippen LogP) is 7.07. The maximum atomic E-state index is 13.9. The lowest BCUT2D eigenvalue weighted by Crippen LogP contribution is -2.16. The standard InChI is InChI=1S/C31H32N2O5S/c1-4-38-31(35)28-21-12-7-5-6-8-14-27(21)39-30(28)33-29(34)22-18-24(32-23-13-10-9-11-20(22)23)19-15-16-25(36-2)26(17-19)37-3/h9-11,13,15-18H,4-8,12,14H2,1-3H3,(H,33,34). The minimum atomic E-state index is -0.378. The quantitative estimate of drug-likeness (QED) is 0.251. The van der Waals surface area contributed by atoms with Gasteiger partial charge in [-0.05, 0) is 68.5 Å². The number of hydrogen-bond acceptors (Lipinski definition) is 7. The summed E-state index contributed by atoms with van der Waals surface area (Å²) in [6.07, 6.45) is 6.14. The molecule has 39 heavy (non-hydrogen) atoms. The van der Waals surface area contributed by atoms with E-state index in [2.05, 4.69) is 5.32 Å². The van der Waals surface area contributed by atoms with Gasteiger partial charge in [-0.15, -0.1) is 11.3 Å². The third kappa shape index (κ3) is 5.47. The van der Waals surface area contributed by atoms with E-state index in [1.807, 2.05) is 42.5 Å². The first-order valence-corrected chi connectivity index (χ1v) is 14.1. The number of methoxy groups -OCH3 is 2. The highest BCUT2D eigenvalue weighted by molar-refractivity contribution is 7.17. The number of thiophene rings is 1. The molecule has 0 unspecified atom stereocenters. The molecule has 2 aromatic carbocycles. The molecule has 0 saturated carbocycles. The number of anilines is 1. The number of nitrogens with zero attached hydrogens (tertiary/aromatic N) is 1. The molecule has 0 saturated heterocycles. The number of nitrogens with one attached hydrogen (secondary N) is 1. The fourth-order valence-corrected chi connectivity index (χ4v) is 6.38. The van der Waals surface area contributed by atoms with Crippen molar-refractivity contribution in [1.82, 2.24) is 4.98 Å². The third-order valence-corrected chi connectivity index (χ3v) is 8.23. The van der Waals surface area contributed by atoms with E-state index in [0.717, 1.165) is 48.6 Å². The van der Waals surface area contributed by atoms with Gasteiger partial charge in [-0.2, -0.15) is 0 Å². The van der Waals surface area contributed by atoms with Crippen LogP contribution in [0, 0.1) is 0 Å². The number of benzene rings is 2. The molecule has 2 heterocycles. The normalized spacial score (nSPS) is 13.2. The largest absolute Gasteiger partial charge is 0.493 e. The Balaban J connectivity index is 1.58. The van der Waals surface area contributed by atoms with Crippen LogP contribution in [0.4, 0.5) is 5.00 Å². The molecule has 0 radical (unpaired) electrons. The number of pyridine rings is 1. The topological polar surface area (TPSA) is 86.8 Å². The van der Waals surface area contributed by atoms with Crippen molar-refractivity contribution in [2.75, 3.05) is 26.1 Å². The molecule has 4 aromatic rings. The monoisotopic (exact) mass is 544 g/mol. The maximum Gasteiger partial charge on any atom is 0.341 e. The number of aromatic nitrogens is 1. The Morgan fingerprint density at radius 3 is 2.49 bits per heavy atom. The highest BCUT2D eigenvalue weighted by Gasteiger charge is 2.27. The molecule has 2 aromatic heterocycles. The lowest BCUT2D eigenvalue weighted by molar-refractivity contribution is 0.0526. The van der Waals surface area contributed by atoms with E-state index in [1.165, 1.54) is 22.6 Å². The van der Waals surface area contributed by atoms with Crippen LogP contribution in [0.5, 0.6) is 11.5 Å². The molecule has 202 valence electrons. The Hall–Kier alpha value is -3.91. The molecular formula is C31H32N2O5S. The van der Waals surface area contributed by atoms with Crippen LogP contribution in [0.2, 0.25) is 0 Å². The number of aryl methyl sites for hydroxylation is 1. The van der Waals surface area contributed by atoms with E-state index in [9.17, 15) is 9.59 Å². The van der Waals surface area contributed by atoms with Crippen LogP contribution in [0.15, 0.2) is 48.5 Å². The molecule has 0 atom stereocenters. The van der Waals surface area contributed by atoms with Gasteiger partial charge in [-0.25, -0.2) is 9.78 Å². The number of rotatable bonds is 7. The molecular weight excluding hydrogens is 512 g/mol. The zero-order chi connectivity index (χ0) is 27.4. The van der Waals surface area contributed by atoms with E-state index in [0.29, 0.717) is 38.8 Å². The molecule has 1 N–H and O–H groups in total. The minimum absolute atomic E-state index is 0.278. The molecule has 0 spiro atoms. The van der Waals surface area contributed by atoms with Crippen LogP contribution in [-0.2, 0) is 17.6 Å². The fraction of sp³-hybridized carbons (Fsp3) is 0.323. The molecule has 0 bridgehead atoms. The summed E-state index contributed by atoms with van der Waals surface area (Å²) < 4.78 is 16.3. The highest BCUT2D eigenvalue weighted by atomic mass is 32.1. The fourth-order valence-electron chi connectivity index (χ4n) is 5.10. The summed E-state index contributed by atoms with van der Waals surface area (Å²) in [6, 6.07) is 14.9. The molecule has 0 fully saturated rings. The first-order chi connectivity index (χ1) is 19.0. The average Bonchev–Trinajstić information content (AvgIpc) is 3.27. The van der Waals surface area contributed by atoms with Gasteiger partial charge in [0, 0.05) is 15.8 Å². The van der Waals surface area contributed by atoms with Gasteiger partial charge in [-0.3, -0.25) is 4.79 Å². The number of carbonyl (C=O) groups is 2. The van der Waals surface area contributed by atoms with Gasteiger partial charge in [-0.1, -0.05) is 31.0 Å². The minimum Gasteiger partial charge on any atom is -0.493 e. The number of esters is 1. The Kier molecular flexibility index (Phi) is 8.12. The number of ether oxygens (including phenoxy) is 3. The van der Waals surface area contributed by atoms with Gasteiger partial charge in [0.1, 0.15) is 5.00 Å². The second-order valence-corrected chi connectivity index (χ2v) is 10.5. The molecule has 1 aliphatic carbocycles. The van der Waals surface area contributed by atoms with Gasteiger partial charge < -0.3 is 19.5 Å². The van der Waals surface area contributed by atoms with Gasteiger partial charge in [0.05, 0.1) is 43.2 Å². The number of fused-ring (bicyclic) bond motifs is 2. The van der Waals surface area contributed by atoms with Gasteiger partial charge >= 0.3 is 5.97 Å². The van der Waals surface area contributed by atoms with Crippen LogP contribution in [0.25, 0.3) is 22.2 Å². The third-order valence-electron chi connectivity index (χ3n) is 7.02. The van der Waals surface area contributed by atoms with Crippen LogP contribution >= 0.6 is 11.3 Å². The second kappa shape index (κ2) is 11.9. The van der Waals surface area contributed by atoms with Crippen molar-refractivity contribution in [2.24, 2.45) is 0 Å². The highest BCUT2D eigenvalue weighted by Crippen LogP contribution is 2.39. The van der Waals surface area contributed by atoms with E-state index in [1.54, 1.807) is 27.2 Å². The number of amides is 1. The van der Waals surface area contributed by atoms with Gasteiger partial charge in [0.25, 0.3) is 5.91 Å². The van der Waals surface area contributed by atoms with Gasteiger partial charge in [0.2, 0.25) is 0 Å². The van der Waals surface area contributed by atoms with Crippen molar-refractivity contribution in [3.8, 4) is 22.8 Å². The zero-order valence-corrected chi connectivity index (χ0v) is 23.3. The summed E-state index contributed by atoms with van der Waals surface area (Å²) in [4.78, 5) is 33.0. The molecule has 1 amide bonds. The summed E-state index contributed by atoms with van der Waals surface area (Å²) in [5.74, 6) is 0.511. The first kappa shape index (κ1) is 26.7. The SMILES string of the molecule is CCOC(=O)c1c(NC(=O)c2cc(-c3ccc(OC)c(OC)c3)nc3ccccc23)sc2c1CCCCCC2. The van der Waals surface area contributed by atoms with Crippen molar-refractivity contribution >= 4 is 39.1 Å². The van der Waals surface area contributed by atoms with Crippen molar-refractivity contribution < 1.29 is 23.8 Å². The molecule has 7 nitrogen and oxygen atoms in total. The van der Waals surface area contributed by atoms with Crippen molar-refractivity contribution in [2.45, 2.75) is 45.4 Å². The molecule has 1 aliphatic rings. The summed E-state index contributed by atoms with van der Waals surface area (Å²) >= 11 is 1.50. The second-order valence-electron chi connectivity index (χ2n) is 9.44. The Bertz CT molecular complexity index is 1530. The Labute approximate surface area is 232 Å². The summed E-state index contributed by atoms with van der Waals surface area (Å²) in [6.45, 7) is 2.07. The summed E-state index contributed by atoms with van der Waals surface area (Å²) in [5.41, 5.74) is 4.12. The van der Waals surface area contributed by atoms with Gasteiger partial charge in [0.15, 0.2) is 11.5 Å². The Morgan fingerprint density at radius 2 is 1.72 bits per heavy atom. The molecule has 8 heteroatoms. The van der Waals surface area contributed by atoms with Crippen LogP contribution in [0.1, 0.15) is 63.8 Å². The maximum absolute atomic E-state index is 13.9. The molecule has 0 aliphatic heterocycles. The lowest BCUT2D eigenvalue weighted by atomic mass is 9.96. The van der Waals surface area contributed by atoms with E-state index in [-0.39, 0.29) is 18.5 Å². The predicted molar refractivity (Wildman–Crippen MR) is 154 cm³/mol.